The van der Waals surface area contributed by atoms with E-state index < -0.39 is 5.82 Å². The van der Waals surface area contributed by atoms with Crippen molar-refractivity contribution in [2.24, 2.45) is 0 Å². The molecule has 0 saturated carbocycles. The number of phenols is 1. The summed E-state index contributed by atoms with van der Waals surface area (Å²) in [4.78, 5) is 0. The van der Waals surface area contributed by atoms with Crippen molar-refractivity contribution >= 4 is 12.2 Å². The van der Waals surface area contributed by atoms with Gasteiger partial charge < -0.3 is 5.11 Å². The molecule has 104 valence electrons. The van der Waals surface area contributed by atoms with Crippen molar-refractivity contribution in [2.45, 2.75) is 19.8 Å². The van der Waals surface area contributed by atoms with Crippen molar-refractivity contribution in [1.29, 1.82) is 0 Å². The van der Waals surface area contributed by atoms with Gasteiger partial charge in [0.05, 0.1) is 0 Å². The largest absolute Gasteiger partial charge is 0.508 e. The molecule has 0 bridgehead atoms. The van der Waals surface area contributed by atoms with Gasteiger partial charge in [-0.3, -0.25) is 0 Å². The molecular formula is C17H16F2O. The molecule has 1 N–H and O–H groups in total. The molecule has 0 atom stereocenters. The second kappa shape index (κ2) is 6.33. The topological polar surface area (TPSA) is 20.2 Å². The molecule has 0 aliphatic rings. The van der Waals surface area contributed by atoms with Gasteiger partial charge in [-0.1, -0.05) is 37.6 Å². The third-order valence-corrected chi connectivity index (χ3v) is 3.03. The van der Waals surface area contributed by atoms with Gasteiger partial charge >= 0.3 is 0 Å². The van der Waals surface area contributed by atoms with Gasteiger partial charge in [0.1, 0.15) is 17.4 Å². The third kappa shape index (κ3) is 3.44. The van der Waals surface area contributed by atoms with E-state index in [4.69, 9.17) is 5.11 Å². The SMILES string of the molecule is CCCc1ccc(/C=C/c2ccc(O)cc2F)c(F)c1. The predicted molar refractivity (Wildman–Crippen MR) is 77.4 cm³/mol. The summed E-state index contributed by atoms with van der Waals surface area (Å²) in [6.07, 6.45) is 4.83. The molecule has 2 rings (SSSR count). The Kier molecular flexibility index (Phi) is 4.51. The first-order chi connectivity index (χ1) is 9.60. The van der Waals surface area contributed by atoms with Crippen LogP contribution < -0.4 is 0 Å². The van der Waals surface area contributed by atoms with Gasteiger partial charge in [-0.2, -0.15) is 0 Å². The smallest absolute Gasteiger partial charge is 0.134 e. The maximum Gasteiger partial charge on any atom is 0.134 e. The quantitative estimate of drug-likeness (QED) is 0.794. The number of aryl methyl sites for hydroxylation is 1. The van der Waals surface area contributed by atoms with Crippen LogP contribution in [0.15, 0.2) is 36.4 Å². The first-order valence-corrected chi connectivity index (χ1v) is 6.55. The first-order valence-electron chi connectivity index (χ1n) is 6.55. The van der Waals surface area contributed by atoms with Crippen molar-refractivity contribution in [2.75, 3.05) is 0 Å². The standard InChI is InChI=1S/C17H16F2O/c1-2-3-12-4-5-13(16(18)10-12)6-7-14-8-9-15(20)11-17(14)19/h4-11,20H,2-3H2,1H3/b7-6+. The fraction of sp³-hybridized carbons (Fsp3) is 0.176. The predicted octanol–water partition coefficient (Wildman–Crippen LogP) is 4.79. The molecule has 20 heavy (non-hydrogen) atoms. The van der Waals surface area contributed by atoms with Gasteiger partial charge in [-0.05, 0) is 30.2 Å². The summed E-state index contributed by atoms with van der Waals surface area (Å²) in [5, 5.41) is 9.12. The number of halogens is 2. The zero-order valence-electron chi connectivity index (χ0n) is 11.2. The highest BCUT2D eigenvalue weighted by Gasteiger charge is 2.02. The van der Waals surface area contributed by atoms with E-state index in [1.165, 1.54) is 30.4 Å². The zero-order valence-corrected chi connectivity index (χ0v) is 11.2. The Hall–Kier alpha value is -2.16. The summed E-state index contributed by atoms with van der Waals surface area (Å²) in [6.45, 7) is 2.04. The van der Waals surface area contributed by atoms with E-state index in [0.717, 1.165) is 24.5 Å². The molecule has 0 aliphatic carbocycles. The highest BCUT2D eigenvalue weighted by atomic mass is 19.1. The van der Waals surface area contributed by atoms with Gasteiger partial charge in [-0.25, -0.2) is 8.78 Å². The van der Waals surface area contributed by atoms with Crippen LogP contribution >= 0.6 is 0 Å². The van der Waals surface area contributed by atoms with Crippen molar-refractivity contribution in [1.82, 2.24) is 0 Å². The van der Waals surface area contributed by atoms with E-state index in [1.807, 2.05) is 13.0 Å². The number of hydrogen-bond acceptors (Lipinski definition) is 1. The van der Waals surface area contributed by atoms with Crippen LogP contribution in [0.1, 0.15) is 30.0 Å². The maximum atomic E-state index is 13.9. The number of aromatic hydroxyl groups is 1. The van der Waals surface area contributed by atoms with Gasteiger partial charge in [-0.15, -0.1) is 0 Å². The lowest BCUT2D eigenvalue weighted by Gasteiger charge is -2.02. The number of phenolic OH excluding ortho intramolecular Hbond substituents is 1. The Labute approximate surface area is 117 Å². The molecule has 0 unspecified atom stereocenters. The van der Waals surface area contributed by atoms with Gasteiger partial charge in [0, 0.05) is 17.2 Å². The zero-order chi connectivity index (χ0) is 14.5. The minimum absolute atomic E-state index is 0.130. The molecule has 0 fully saturated rings. The van der Waals surface area contributed by atoms with E-state index in [0.29, 0.717) is 11.1 Å². The lowest BCUT2D eigenvalue weighted by molar-refractivity contribution is 0.469. The van der Waals surface area contributed by atoms with Crippen LogP contribution in [0.2, 0.25) is 0 Å². The number of hydrogen-bond donors (Lipinski definition) is 1. The highest BCUT2D eigenvalue weighted by Crippen LogP contribution is 2.19. The van der Waals surface area contributed by atoms with Crippen molar-refractivity contribution < 1.29 is 13.9 Å². The normalized spacial score (nSPS) is 11.2. The number of rotatable bonds is 4. The van der Waals surface area contributed by atoms with Crippen LogP contribution in [0.4, 0.5) is 8.78 Å². The summed E-state index contributed by atoms with van der Waals surface area (Å²) < 4.78 is 27.4. The molecule has 0 spiro atoms. The van der Waals surface area contributed by atoms with Crippen LogP contribution in [0.3, 0.4) is 0 Å². The molecule has 3 heteroatoms. The first kappa shape index (κ1) is 14.3. The monoisotopic (exact) mass is 274 g/mol. The van der Waals surface area contributed by atoms with Crippen molar-refractivity contribution in [3.63, 3.8) is 0 Å². The Morgan fingerprint density at radius 2 is 1.55 bits per heavy atom. The summed E-state index contributed by atoms with van der Waals surface area (Å²) in [6, 6.07) is 8.94. The molecule has 0 radical (unpaired) electrons. The maximum absolute atomic E-state index is 13.9. The minimum atomic E-state index is -0.538. The van der Waals surface area contributed by atoms with E-state index in [-0.39, 0.29) is 11.6 Å². The second-order valence-corrected chi connectivity index (χ2v) is 4.65. The number of benzene rings is 2. The minimum Gasteiger partial charge on any atom is -0.508 e. The molecule has 2 aromatic rings. The Morgan fingerprint density at radius 1 is 0.950 bits per heavy atom. The summed E-state index contributed by atoms with van der Waals surface area (Å²) in [7, 11) is 0. The average Bonchev–Trinajstić information content (AvgIpc) is 2.40. The molecule has 1 nitrogen and oxygen atoms in total. The summed E-state index contributed by atoms with van der Waals surface area (Å²) >= 11 is 0. The summed E-state index contributed by atoms with van der Waals surface area (Å²) in [5.41, 5.74) is 1.68. The highest BCUT2D eigenvalue weighted by molar-refractivity contribution is 5.70. The second-order valence-electron chi connectivity index (χ2n) is 4.65. The van der Waals surface area contributed by atoms with E-state index in [9.17, 15) is 8.78 Å². The fourth-order valence-corrected chi connectivity index (χ4v) is 1.98. The molecule has 2 aromatic carbocycles. The van der Waals surface area contributed by atoms with Crippen molar-refractivity contribution in [3.8, 4) is 5.75 Å². The van der Waals surface area contributed by atoms with Crippen LogP contribution in [0, 0.1) is 11.6 Å². The van der Waals surface area contributed by atoms with E-state index in [2.05, 4.69) is 0 Å². The Balaban J connectivity index is 2.23. The molecule has 0 aromatic heterocycles. The Bertz CT molecular complexity index is 633. The van der Waals surface area contributed by atoms with Crippen molar-refractivity contribution in [3.05, 3.63) is 64.7 Å². The van der Waals surface area contributed by atoms with Gasteiger partial charge in [0.25, 0.3) is 0 Å². The van der Waals surface area contributed by atoms with E-state index in [1.54, 1.807) is 6.07 Å². The lowest BCUT2D eigenvalue weighted by atomic mass is 10.1. The molecular weight excluding hydrogens is 258 g/mol. The van der Waals surface area contributed by atoms with Crippen LogP contribution in [-0.4, -0.2) is 5.11 Å². The van der Waals surface area contributed by atoms with Crippen LogP contribution in [0.5, 0.6) is 5.75 Å². The molecule has 0 amide bonds. The van der Waals surface area contributed by atoms with Crippen LogP contribution in [-0.2, 0) is 6.42 Å². The molecule has 0 saturated heterocycles. The average molecular weight is 274 g/mol. The third-order valence-electron chi connectivity index (χ3n) is 3.03. The Morgan fingerprint density at radius 3 is 2.10 bits per heavy atom. The molecule has 0 aliphatic heterocycles. The van der Waals surface area contributed by atoms with Gasteiger partial charge in [0.2, 0.25) is 0 Å². The molecule has 0 heterocycles. The fourth-order valence-electron chi connectivity index (χ4n) is 1.98. The summed E-state index contributed by atoms with van der Waals surface area (Å²) in [5.74, 6) is -0.981. The lowest BCUT2D eigenvalue weighted by Crippen LogP contribution is -1.88. The van der Waals surface area contributed by atoms with Crippen LogP contribution in [0.25, 0.3) is 12.2 Å². The van der Waals surface area contributed by atoms with E-state index >= 15 is 0 Å². The van der Waals surface area contributed by atoms with Gasteiger partial charge in [0.15, 0.2) is 0 Å².